The fraction of sp³-hybridized carbons (Fsp3) is 0.333. The van der Waals surface area contributed by atoms with Gasteiger partial charge in [-0.2, -0.15) is 0 Å². The summed E-state index contributed by atoms with van der Waals surface area (Å²) in [5.41, 5.74) is 6.01. The van der Waals surface area contributed by atoms with Crippen molar-refractivity contribution in [1.29, 1.82) is 0 Å². The molecule has 0 aromatic heterocycles. The Hall–Kier alpha value is -1.02. The third-order valence-corrected chi connectivity index (χ3v) is 3.12. The predicted octanol–water partition coefficient (Wildman–Crippen LogP) is 3.03. The van der Waals surface area contributed by atoms with Gasteiger partial charge in [-0.15, -0.1) is 0 Å². The molecule has 0 aliphatic rings. The zero-order chi connectivity index (χ0) is 10.9. The lowest BCUT2D eigenvalue weighted by Crippen LogP contribution is -2.00. The van der Waals surface area contributed by atoms with Crippen LogP contribution in [0, 0.1) is 27.7 Å². The zero-order valence-corrected chi connectivity index (χ0v) is 10.2. The number of hydrogen-bond acceptors (Lipinski definition) is 1. The van der Waals surface area contributed by atoms with Gasteiger partial charge in [0.25, 0.3) is 0 Å². The monoisotopic (exact) mass is 203 g/mol. The molecule has 14 heavy (non-hydrogen) atoms. The van der Waals surface area contributed by atoms with Crippen LogP contribution in [0.2, 0.25) is 0 Å². The Bertz CT molecular complexity index is 351. The lowest BCUT2D eigenvalue weighted by atomic mass is 9.93. The van der Waals surface area contributed by atoms with E-state index in [-0.39, 0.29) is 0 Å². The molecular formula is C12H15OSi. The molecule has 1 rings (SSSR count). The van der Waals surface area contributed by atoms with E-state index in [1.165, 1.54) is 16.7 Å². The van der Waals surface area contributed by atoms with Crippen molar-refractivity contribution < 1.29 is 4.43 Å². The summed E-state index contributed by atoms with van der Waals surface area (Å²) in [5.74, 6) is 0.919. The Balaban J connectivity index is 3.63. The average Bonchev–Trinajstić information content (AvgIpc) is 2.17. The maximum absolute atomic E-state index is 5.21. The molecule has 2 heteroatoms. The highest BCUT2D eigenvalue weighted by molar-refractivity contribution is 6.00. The van der Waals surface area contributed by atoms with Crippen LogP contribution >= 0.6 is 0 Å². The van der Waals surface area contributed by atoms with Crippen molar-refractivity contribution in [2.45, 2.75) is 27.7 Å². The molecule has 1 aromatic carbocycles. The molecule has 0 N–H and O–H groups in total. The van der Waals surface area contributed by atoms with Crippen molar-refractivity contribution in [3.63, 3.8) is 0 Å². The van der Waals surface area contributed by atoms with Crippen LogP contribution < -0.4 is 4.43 Å². The molecule has 73 valence electrons. The first kappa shape index (κ1) is 11.1. The van der Waals surface area contributed by atoms with E-state index in [4.69, 9.17) is 4.43 Å². The SMILES string of the molecule is C=Cc1c(C)c(C)c(O[Si])c(C)c1C. The van der Waals surface area contributed by atoms with Crippen molar-refractivity contribution in [2.24, 2.45) is 0 Å². The number of hydrogen-bond donors (Lipinski definition) is 0. The summed E-state index contributed by atoms with van der Waals surface area (Å²) < 4.78 is 5.21. The van der Waals surface area contributed by atoms with E-state index in [1.54, 1.807) is 0 Å². The fourth-order valence-corrected chi connectivity index (χ4v) is 2.07. The molecule has 0 aliphatic carbocycles. The Kier molecular flexibility index (Phi) is 3.16. The fourth-order valence-electron chi connectivity index (χ4n) is 1.77. The van der Waals surface area contributed by atoms with Crippen LogP contribution in [0.15, 0.2) is 6.58 Å². The second kappa shape index (κ2) is 4.01. The van der Waals surface area contributed by atoms with E-state index in [0.717, 1.165) is 16.9 Å². The van der Waals surface area contributed by atoms with Gasteiger partial charge in [0, 0.05) is 0 Å². The van der Waals surface area contributed by atoms with Crippen molar-refractivity contribution >= 4 is 16.6 Å². The molecule has 0 unspecified atom stereocenters. The first-order chi connectivity index (χ1) is 6.54. The average molecular weight is 203 g/mol. The van der Waals surface area contributed by atoms with Gasteiger partial charge in [-0.3, -0.25) is 0 Å². The summed E-state index contributed by atoms with van der Waals surface area (Å²) in [6.07, 6.45) is 1.90. The summed E-state index contributed by atoms with van der Waals surface area (Å²) in [4.78, 5) is 0. The highest BCUT2D eigenvalue weighted by Gasteiger charge is 2.12. The minimum atomic E-state index is 0.919. The maximum atomic E-state index is 5.21. The highest BCUT2D eigenvalue weighted by Crippen LogP contribution is 2.32. The van der Waals surface area contributed by atoms with Gasteiger partial charge < -0.3 is 4.43 Å². The van der Waals surface area contributed by atoms with E-state index in [2.05, 4.69) is 44.8 Å². The van der Waals surface area contributed by atoms with Crippen molar-refractivity contribution in [3.05, 3.63) is 34.4 Å². The summed E-state index contributed by atoms with van der Waals surface area (Å²) in [5, 5.41) is 0. The standard InChI is InChI=1S/C12H15OSi/c1-6-11-7(2)9(4)12(13-14)10(5)8(11)3/h6H,1H2,2-5H3. The van der Waals surface area contributed by atoms with Crippen LogP contribution in [0.3, 0.4) is 0 Å². The minimum Gasteiger partial charge on any atom is -0.540 e. The molecule has 0 bridgehead atoms. The lowest BCUT2D eigenvalue weighted by molar-refractivity contribution is 0.602. The van der Waals surface area contributed by atoms with E-state index < -0.39 is 0 Å². The number of benzene rings is 1. The van der Waals surface area contributed by atoms with Gasteiger partial charge in [0.05, 0.1) is 0 Å². The van der Waals surface area contributed by atoms with Gasteiger partial charge in [-0.1, -0.05) is 12.7 Å². The Labute approximate surface area is 89.3 Å². The molecule has 0 heterocycles. The molecular weight excluding hydrogens is 188 g/mol. The van der Waals surface area contributed by atoms with E-state index >= 15 is 0 Å². The van der Waals surface area contributed by atoms with Gasteiger partial charge in [-0.05, 0) is 55.5 Å². The normalized spacial score (nSPS) is 10.1. The molecule has 0 atom stereocenters. The van der Waals surface area contributed by atoms with E-state index in [9.17, 15) is 0 Å². The van der Waals surface area contributed by atoms with Gasteiger partial charge in [-0.25, -0.2) is 0 Å². The van der Waals surface area contributed by atoms with Crippen LogP contribution in [0.5, 0.6) is 5.75 Å². The van der Waals surface area contributed by atoms with Crippen LogP contribution in [0.1, 0.15) is 27.8 Å². The Morgan fingerprint density at radius 3 is 1.71 bits per heavy atom. The smallest absolute Gasteiger partial charge is 0.341 e. The summed E-state index contributed by atoms with van der Waals surface area (Å²) in [7, 11) is 3.10. The Morgan fingerprint density at radius 2 is 1.43 bits per heavy atom. The third kappa shape index (κ3) is 1.50. The Morgan fingerprint density at radius 1 is 1.00 bits per heavy atom. The predicted molar refractivity (Wildman–Crippen MR) is 61.9 cm³/mol. The van der Waals surface area contributed by atoms with Crippen molar-refractivity contribution in [1.82, 2.24) is 0 Å². The van der Waals surface area contributed by atoms with E-state index in [0.29, 0.717) is 0 Å². The van der Waals surface area contributed by atoms with Crippen LogP contribution in [0.25, 0.3) is 6.08 Å². The van der Waals surface area contributed by atoms with Gasteiger partial charge in [0.2, 0.25) is 0 Å². The van der Waals surface area contributed by atoms with Crippen LogP contribution in [-0.2, 0) is 0 Å². The quantitative estimate of drug-likeness (QED) is 0.671. The molecule has 3 radical (unpaired) electrons. The van der Waals surface area contributed by atoms with E-state index in [1.807, 2.05) is 6.08 Å². The van der Waals surface area contributed by atoms with Crippen molar-refractivity contribution in [2.75, 3.05) is 0 Å². The first-order valence-corrected chi connectivity index (χ1v) is 5.01. The largest absolute Gasteiger partial charge is 0.540 e. The topological polar surface area (TPSA) is 9.23 Å². The van der Waals surface area contributed by atoms with Gasteiger partial charge >= 0.3 is 10.5 Å². The molecule has 0 saturated carbocycles. The summed E-state index contributed by atoms with van der Waals surface area (Å²) >= 11 is 0. The van der Waals surface area contributed by atoms with Gasteiger partial charge in [0.1, 0.15) is 5.75 Å². The third-order valence-electron chi connectivity index (χ3n) is 2.92. The minimum absolute atomic E-state index is 0.919. The molecule has 0 fully saturated rings. The number of rotatable bonds is 2. The van der Waals surface area contributed by atoms with Crippen LogP contribution in [-0.4, -0.2) is 10.5 Å². The van der Waals surface area contributed by atoms with Gasteiger partial charge in [0.15, 0.2) is 0 Å². The van der Waals surface area contributed by atoms with Crippen LogP contribution in [0.4, 0.5) is 0 Å². The molecule has 1 aromatic rings. The zero-order valence-electron chi connectivity index (χ0n) is 9.19. The maximum Gasteiger partial charge on any atom is 0.341 e. The molecule has 0 aliphatic heterocycles. The summed E-state index contributed by atoms with van der Waals surface area (Å²) in [6, 6.07) is 0. The first-order valence-electron chi connectivity index (χ1n) is 4.61. The molecule has 0 spiro atoms. The molecule has 1 nitrogen and oxygen atoms in total. The summed E-state index contributed by atoms with van der Waals surface area (Å²) in [6.45, 7) is 12.1. The second-order valence-electron chi connectivity index (χ2n) is 3.55. The highest BCUT2D eigenvalue weighted by atomic mass is 28.2. The molecule has 0 amide bonds. The van der Waals surface area contributed by atoms with Crippen molar-refractivity contribution in [3.8, 4) is 5.75 Å². The second-order valence-corrected chi connectivity index (χ2v) is 3.75. The molecule has 0 saturated heterocycles. The lowest BCUT2D eigenvalue weighted by Gasteiger charge is -2.17.